The number of halogens is 1. The lowest BCUT2D eigenvalue weighted by Crippen LogP contribution is -2.42. The second-order valence-corrected chi connectivity index (χ2v) is 5.35. The van der Waals surface area contributed by atoms with Crippen LogP contribution in [0.4, 0.5) is 5.69 Å². The minimum atomic E-state index is -0.531. The summed E-state index contributed by atoms with van der Waals surface area (Å²) in [6.07, 6.45) is 0. The molecule has 0 spiro atoms. The monoisotopic (exact) mass is 284 g/mol. The van der Waals surface area contributed by atoms with Crippen molar-refractivity contribution in [2.24, 2.45) is 11.1 Å². The summed E-state index contributed by atoms with van der Waals surface area (Å²) in [5.74, 6) is 0.0214. The van der Waals surface area contributed by atoms with Crippen LogP contribution in [0.1, 0.15) is 13.8 Å². The number of benzene rings is 1. The highest BCUT2D eigenvalue weighted by Gasteiger charge is 2.29. The van der Waals surface area contributed by atoms with Gasteiger partial charge in [-0.25, -0.2) is 0 Å². The van der Waals surface area contributed by atoms with Gasteiger partial charge in [0.25, 0.3) is 0 Å². The minimum absolute atomic E-state index is 0.0214. The van der Waals surface area contributed by atoms with Crippen LogP contribution < -0.4 is 10.6 Å². The number of amides is 1. The number of hydrogen-bond acceptors (Lipinski definition) is 2. The topological polar surface area (TPSA) is 46.3 Å². The Morgan fingerprint density at radius 2 is 2.12 bits per heavy atom. The zero-order valence-electron chi connectivity index (χ0n) is 9.83. The first-order chi connectivity index (χ1) is 7.38. The highest BCUT2D eigenvalue weighted by atomic mass is 79.9. The maximum atomic E-state index is 12.1. The molecule has 2 N–H and O–H groups in total. The van der Waals surface area contributed by atoms with Crippen LogP contribution in [-0.4, -0.2) is 19.5 Å². The van der Waals surface area contributed by atoms with Crippen LogP contribution in [0.15, 0.2) is 28.7 Å². The quantitative estimate of drug-likeness (QED) is 0.927. The summed E-state index contributed by atoms with van der Waals surface area (Å²) in [7, 11) is 1.77. The Bertz CT molecular complexity index is 390. The Hall–Kier alpha value is -0.870. The van der Waals surface area contributed by atoms with E-state index in [1.165, 1.54) is 0 Å². The van der Waals surface area contributed by atoms with E-state index < -0.39 is 5.41 Å². The number of carbonyl (C=O) groups excluding carboxylic acids is 1. The lowest BCUT2D eigenvalue weighted by Gasteiger charge is -2.28. The van der Waals surface area contributed by atoms with Gasteiger partial charge < -0.3 is 10.6 Å². The molecule has 4 heteroatoms. The molecule has 1 aromatic rings. The first-order valence-corrected chi connectivity index (χ1v) is 5.91. The molecule has 0 fully saturated rings. The van der Waals surface area contributed by atoms with Crippen LogP contribution >= 0.6 is 15.9 Å². The third-order valence-corrected chi connectivity index (χ3v) is 3.08. The molecule has 0 radical (unpaired) electrons. The zero-order chi connectivity index (χ0) is 12.3. The van der Waals surface area contributed by atoms with Crippen molar-refractivity contribution in [3.8, 4) is 0 Å². The number of nitrogens with two attached hydrogens (primary N) is 1. The van der Waals surface area contributed by atoms with Crippen molar-refractivity contribution in [2.75, 3.05) is 18.5 Å². The van der Waals surface area contributed by atoms with Crippen molar-refractivity contribution in [1.29, 1.82) is 0 Å². The highest BCUT2D eigenvalue weighted by molar-refractivity contribution is 9.10. The lowest BCUT2D eigenvalue weighted by atomic mass is 9.92. The molecule has 0 aliphatic rings. The average molecular weight is 285 g/mol. The molecule has 0 saturated heterocycles. The van der Waals surface area contributed by atoms with Gasteiger partial charge in [-0.05, 0) is 32.0 Å². The molecule has 0 unspecified atom stereocenters. The van der Waals surface area contributed by atoms with Crippen LogP contribution in [0.25, 0.3) is 0 Å². The summed E-state index contributed by atoms with van der Waals surface area (Å²) in [6, 6.07) is 7.63. The fourth-order valence-corrected chi connectivity index (χ4v) is 1.73. The van der Waals surface area contributed by atoms with E-state index >= 15 is 0 Å². The van der Waals surface area contributed by atoms with Crippen molar-refractivity contribution >= 4 is 27.5 Å². The van der Waals surface area contributed by atoms with Gasteiger partial charge in [0.1, 0.15) is 0 Å². The summed E-state index contributed by atoms with van der Waals surface area (Å²) in [6.45, 7) is 4.04. The maximum absolute atomic E-state index is 12.1. The van der Waals surface area contributed by atoms with Gasteiger partial charge in [-0.3, -0.25) is 4.79 Å². The zero-order valence-corrected chi connectivity index (χ0v) is 11.4. The fraction of sp³-hybridized carbons (Fsp3) is 0.417. The predicted octanol–water partition coefficient (Wildman–Crippen LogP) is 2.40. The van der Waals surface area contributed by atoms with Gasteiger partial charge in [0.15, 0.2) is 0 Å². The second kappa shape index (κ2) is 4.97. The first kappa shape index (κ1) is 13.2. The van der Waals surface area contributed by atoms with Crippen molar-refractivity contribution < 1.29 is 4.79 Å². The molecule has 0 aliphatic heterocycles. The van der Waals surface area contributed by atoms with Gasteiger partial charge in [0, 0.05) is 23.8 Å². The van der Waals surface area contributed by atoms with Gasteiger partial charge in [0.05, 0.1) is 5.41 Å². The third-order valence-electron chi connectivity index (χ3n) is 2.59. The van der Waals surface area contributed by atoms with Crippen LogP contribution in [0, 0.1) is 5.41 Å². The van der Waals surface area contributed by atoms with Gasteiger partial charge in [-0.2, -0.15) is 0 Å². The van der Waals surface area contributed by atoms with Crippen LogP contribution in [-0.2, 0) is 4.79 Å². The standard InChI is InChI=1S/C12H17BrN2O/c1-12(2,8-14)11(16)15(3)10-6-4-5-9(13)7-10/h4-7H,8,14H2,1-3H3. The van der Waals surface area contributed by atoms with Crippen molar-refractivity contribution in [1.82, 2.24) is 0 Å². The van der Waals surface area contributed by atoms with E-state index in [1.54, 1.807) is 11.9 Å². The molecule has 1 aromatic carbocycles. The van der Waals surface area contributed by atoms with E-state index in [9.17, 15) is 4.79 Å². The normalized spacial score (nSPS) is 11.3. The number of hydrogen-bond donors (Lipinski definition) is 1. The Balaban J connectivity index is 2.95. The summed E-state index contributed by atoms with van der Waals surface area (Å²) in [5, 5.41) is 0. The van der Waals surface area contributed by atoms with E-state index in [2.05, 4.69) is 15.9 Å². The van der Waals surface area contributed by atoms with E-state index in [1.807, 2.05) is 38.1 Å². The third kappa shape index (κ3) is 2.83. The SMILES string of the molecule is CN(C(=O)C(C)(C)CN)c1cccc(Br)c1. The highest BCUT2D eigenvalue weighted by Crippen LogP contribution is 2.24. The predicted molar refractivity (Wildman–Crippen MR) is 70.4 cm³/mol. The molecule has 0 heterocycles. The summed E-state index contributed by atoms with van der Waals surface area (Å²) in [5.41, 5.74) is 5.93. The smallest absolute Gasteiger partial charge is 0.233 e. The number of rotatable bonds is 3. The molecule has 1 rings (SSSR count). The summed E-state index contributed by atoms with van der Waals surface area (Å²) in [4.78, 5) is 13.8. The van der Waals surface area contributed by atoms with Crippen molar-refractivity contribution in [3.63, 3.8) is 0 Å². The van der Waals surface area contributed by atoms with Gasteiger partial charge in [-0.1, -0.05) is 22.0 Å². The number of nitrogens with zero attached hydrogens (tertiary/aromatic N) is 1. The number of carbonyl (C=O) groups is 1. The average Bonchev–Trinajstić information content (AvgIpc) is 2.27. The van der Waals surface area contributed by atoms with Crippen molar-refractivity contribution in [3.05, 3.63) is 28.7 Å². The Labute approximate surface area is 105 Å². The molecular formula is C12H17BrN2O. The minimum Gasteiger partial charge on any atom is -0.329 e. The van der Waals surface area contributed by atoms with Crippen molar-refractivity contribution in [2.45, 2.75) is 13.8 Å². The van der Waals surface area contributed by atoms with Crippen LogP contribution in [0.5, 0.6) is 0 Å². The number of anilines is 1. The Morgan fingerprint density at radius 3 is 2.62 bits per heavy atom. The van der Waals surface area contributed by atoms with Crippen LogP contribution in [0.3, 0.4) is 0 Å². The summed E-state index contributed by atoms with van der Waals surface area (Å²) < 4.78 is 0.954. The first-order valence-electron chi connectivity index (χ1n) is 5.12. The molecule has 0 bridgehead atoms. The lowest BCUT2D eigenvalue weighted by molar-refractivity contribution is -0.125. The molecule has 88 valence electrons. The Morgan fingerprint density at radius 1 is 1.50 bits per heavy atom. The fourth-order valence-electron chi connectivity index (χ4n) is 1.34. The molecular weight excluding hydrogens is 268 g/mol. The molecule has 1 amide bonds. The molecule has 0 atom stereocenters. The van der Waals surface area contributed by atoms with Crippen LogP contribution in [0.2, 0.25) is 0 Å². The molecule has 0 aromatic heterocycles. The summed E-state index contributed by atoms with van der Waals surface area (Å²) >= 11 is 3.38. The maximum Gasteiger partial charge on any atom is 0.233 e. The van der Waals surface area contributed by atoms with Gasteiger partial charge in [0.2, 0.25) is 5.91 Å². The second-order valence-electron chi connectivity index (χ2n) is 4.43. The van der Waals surface area contributed by atoms with E-state index in [-0.39, 0.29) is 5.91 Å². The molecule has 16 heavy (non-hydrogen) atoms. The van der Waals surface area contributed by atoms with E-state index in [4.69, 9.17) is 5.73 Å². The molecule has 0 saturated carbocycles. The largest absolute Gasteiger partial charge is 0.329 e. The van der Waals surface area contributed by atoms with Gasteiger partial charge >= 0.3 is 0 Å². The molecule has 0 aliphatic carbocycles. The van der Waals surface area contributed by atoms with E-state index in [0.29, 0.717) is 6.54 Å². The van der Waals surface area contributed by atoms with Gasteiger partial charge in [-0.15, -0.1) is 0 Å². The van der Waals surface area contributed by atoms with E-state index in [0.717, 1.165) is 10.2 Å². The Kier molecular flexibility index (Phi) is 4.10. The molecule has 3 nitrogen and oxygen atoms in total.